The highest BCUT2D eigenvalue weighted by Gasteiger charge is 2.40. The number of carboxylic acids is 1. The van der Waals surface area contributed by atoms with Crippen LogP contribution in [0.25, 0.3) is 0 Å². The van der Waals surface area contributed by atoms with Gasteiger partial charge in [-0.2, -0.15) is 0 Å². The first-order valence-corrected chi connectivity index (χ1v) is 16.8. The van der Waals surface area contributed by atoms with Gasteiger partial charge >= 0.3 is 5.97 Å². The molecule has 0 aliphatic rings. The predicted molar refractivity (Wildman–Crippen MR) is 177 cm³/mol. The maximum atomic E-state index is 13.4. The molecule has 0 rings (SSSR count). The Morgan fingerprint density at radius 2 is 1.26 bits per heavy atom. The summed E-state index contributed by atoms with van der Waals surface area (Å²) in [6.07, 6.45) is 11.4. The van der Waals surface area contributed by atoms with E-state index in [0.717, 1.165) is 19.3 Å². The number of aliphatic hydroxyl groups excluding tert-OH is 3. The molecule has 0 aromatic heterocycles. The van der Waals surface area contributed by atoms with E-state index >= 15 is 0 Å². The number of rotatable bonds is 26. The summed E-state index contributed by atoms with van der Waals surface area (Å²) in [7, 11) is 0. The van der Waals surface area contributed by atoms with E-state index in [1.807, 2.05) is 5.32 Å². The van der Waals surface area contributed by atoms with Crippen LogP contribution in [-0.2, 0) is 24.0 Å². The minimum atomic E-state index is -1.89. The van der Waals surface area contributed by atoms with Gasteiger partial charge in [0.1, 0.15) is 12.1 Å². The summed E-state index contributed by atoms with van der Waals surface area (Å²) in [6, 6.07) is -4.86. The van der Waals surface area contributed by atoms with E-state index in [1.54, 1.807) is 20.8 Å². The molecule has 266 valence electrons. The van der Waals surface area contributed by atoms with E-state index in [1.165, 1.54) is 71.3 Å². The lowest BCUT2D eigenvalue weighted by Crippen LogP contribution is -2.62. The van der Waals surface area contributed by atoms with E-state index in [9.17, 15) is 39.3 Å². The number of unbranched alkanes of at least 4 members (excludes halogenated alkanes) is 10. The Labute approximate surface area is 275 Å². The Bertz CT molecular complexity index is 956. The Kier molecular flexibility index (Phi) is 21.3. The third-order valence-electron chi connectivity index (χ3n) is 8.76. The molecule has 0 radical (unpaired) electrons. The first kappa shape index (κ1) is 43.2. The van der Waals surface area contributed by atoms with E-state index < -0.39 is 77.4 Å². The van der Waals surface area contributed by atoms with E-state index in [2.05, 4.69) is 24.1 Å². The second-order valence-electron chi connectivity index (χ2n) is 13.2. The fourth-order valence-electron chi connectivity index (χ4n) is 5.14. The number of carboxylic acid groups (broad SMARTS) is 1. The van der Waals surface area contributed by atoms with Gasteiger partial charge in [-0.25, -0.2) is 4.79 Å². The highest BCUT2D eigenvalue weighted by molar-refractivity contribution is 5.98. The lowest BCUT2D eigenvalue weighted by atomic mass is 9.82. The zero-order valence-corrected chi connectivity index (χ0v) is 28.8. The van der Waals surface area contributed by atoms with Gasteiger partial charge in [0.05, 0.1) is 24.2 Å². The van der Waals surface area contributed by atoms with E-state index in [-0.39, 0.29) is 6.29 Å². The van der Waals surface area contributed by atoms with Crippen molar-refractivity contribution in [2.24, 2.45) is 17.3 Å². The van der Waals surface area contributed by atoms with Gasteiger partial charge in [0.2, 0.25) is 17.7 Å². The molecule has 0 aliphatic carbocycles. The number of nitrogens with one attached hydrogen (secondary N) is 3. The Morgan fingerprint density at radius 1 is 0.761 bits per heavy atom. The van der Waals surface area contributed by atoms with Crippen molar-refractivity contribution in [1.29, 1.82) is 0 Å². The average Bonchev–Trinajstić information content (AvgIpc) is 3.01. The summed E-state index contributed by atoms with van der Waals surface area (Å²) in [5, 5.41) is 47.7. The number of carbonyl (C=O) groups is 5. The Hall–Kier alpha value is -2.83. The summed E-state index contributed by atoms with van der Waals surface area (Å²) in [5.41, 5.74) is -1.07. The normalized spacial score (nSPS) is 16.9. The first-order valence-electron chi connectivity index (χ1n) is 16.8. The molecule has 0 aromatic rings. The molecular formula is C34H61N3O9. The van der Waals surface area contributed by atoms with Crippen molar-refractivity contribution in [2.75, 3.05) is 0 Å². The van der Waals surface area contributed by atoms with Crippen molar-refractivity contribution in [2.45, 2.75) is 155 Å². The number of hydrogen-bond acceptors (Lipinski definition) is 8. The topological polar surface area (TPSA) is 202 Å². The fourth-order valence-corrected chi connectivity index (χ4v) is 5.14. The summed E-state index contributed by atoms with van der Waals surface area (Å²) >= 11 is 0. The smallest absolute Gasteiger partial charge is 0.333 e. The van der Waals surface area contributed by atoms with Gasteiger partial charge in [-0.3, -0.25) is 14.4 Å². The lowest BCUT2D eigenvalue weighted by molar-refractivity contribution is -0.144. The summed E-state index contributed by atoms with van der Waals surface area (Å²) in [5.74, 6) is -5.94. The van der Waals surface area contributed by atoms with Crippen molar-refractivity contribution in [1.82, 2.24) is 16.0 Å². The van der Waals surface area contributed by atoms with Gasteiger partial charge in [-0.05, 0) is 13.3 Å². The predicted octanol–water partition coefficient (Wildman–Crippen LogP) is 3.01. The van der Waals surface area contributed by atoms with Crippen molar-refractivity contribution in [3.05, 3.63) is 12.7 Å². The second-order valence-corrected chi connectivity index (χ2v) is 13.2. The highest BCUT2D eigenvalue weighted by Crippen LogP contribution is 2.25. The molecule has 12 heteroatoms. The zero-order chi connectivity index (χ0) is 35.4. The molecule has 7 N–H and O–H groups in total. The van der Waals surface area contributed by atoms with Crippen LogP contribution in [0.2, 0.25) is 0 Å². The molecule has 0 heterocycles. The van der Waals surface area contributed by atoms with Crippen LogP contribution in [0.5, 0.6) is 0 Å². The number of carbonyl (C=O) groups excluding carboxylic acids is 4. The quantitative estimate of drug-likeness (QED) is 0.0316. The molecule has 0 aliphatic heterocycles. The van der Waals surface area contributed by atoms with Crippen LogP contribution in [0.1, 0.15) is 119 Å². The Morgan fingerprint density at radius 3 is 1.70 bits per heavy atom. The van der Waals surface area contributed by atoms with Gasteiger partial charge in [0.25, 0.3) is 0 Å². The molecular weight excluding hydrogens is 594 g/mol. The number of aldehydes is 1. The molecule has 0 spiro atoms. The third kappa shape index (κ3) is 15.6. The minimum Gasteiger partial charge on any atom is -0.479 e. The monoisotopic (exact) mass is 655 g/mol. The maximum absolute atomic E-state index is 13.4. The zero-order valence-electron chi connectivity index (χ0n) is 28.8. The number of aliphatic carboxylic acids is 1. The molecule has 0 unspecified atom stereocenters. The number of amides is 3. The molecule has 0 saturated carbocycles. The molecule has 3 amide bonds. The second kappa shape index (κ2) is 22.7. The molecule has 46 heavy (non-hydrogen) atoms. The van der Waals surface area contributed by atoms with Crippen molar-refractivity contribution < 1.29 is 44.4 Å². The van der Waals surface area contributed by atoms with Crippen LogP contribution in [0, 0.1) is 17.3 Å². The van der Waals surface area contributed by atoms with Gasteiger partial charge in [-0.1, -0.05) is 111 Å². The SMILES string of the molecule is C=CC(C)(C)[C@H](NC(=O)[C@H](C)[C@H](O)[C@H](C)[C@H](O)CCCCCCCCCCCCC)C(=O)N[C@H](C(=O)N[C@@H](C=O)C(=O)O)[C@@H](C)O. The number of aliphatic hydroxyl groups is 3. The Balaban J connectivity index is 5.17. The largest absolute Gasteiger partial charge is 0.479 e. The van der Waals surface area contributed by atoms with E-state index in [4.69, 9.17) is 5.11 Å². The molecule has 0 aromatic carbocycles. The standard InChI is InChI=1S/C34H61N3O9/c1-8-10-11-12-13-14-15-16-17-18-19-20-26(40)22(3)28(41)23(4)30(42)37-29(34(6,7)9-2)32(44)36-27(24(5)39)31(43)35-25(21-38)33(45)46/h9,21-29,39-41H,2,8,10-20H2,1,3-7H3,(H,35,43)(H,36,44)(H,37,42)(H,45,46)/t22-,23-,24-,25+,26-,27+,28-,29-/m1/s1. The average molecular weight is 656 g/mol. The van der Waals surface area contributed by atoms with Gasteiger partial charge < -0.3 is 41.2 Å². The summed E-state index contributed by atoms with van der Waals surface area (Å²) < 4.78 is 0. The lowest BCUT2D eigenvalue weighted by Gasteiger charge is -2.35. The fraction of sp³-hybridized carbons (Fsp3) is 0.794. The van der Waals surface area contributed by atoms with E-state index in [0.29, 0.717) is 6.42 Å². The van der Waals surface area contributed by atoms with Crippen LogP contribution in [0.3, 0.4) is 0 Å². The van der Waals surface area contributed by atoms with Crippen molar-refractivity contribution in [3.8, 4) is 0 Å². The van der Waals surface area contributed by atoms with Gasteiger partial charge in [0, 0.05) is 11.3 Å². The number of hydrogen-bond donors (Lipinski definition) is 7. The molecule has 12 nitrogen and oxygen atoms in total. The van der Waals surface area contributed by atoms with Crippen LogP contribution >= 0.6 is 0 Å². The van der Waals surface area contributed by atoms with Crippen LogP contribution in [-0.4, -0.2) is 86.8 Å². The van der Waals surface area contributed by atoms with Crippen molar-refractivity contribution >= 4 is 30.0 Å². The highest BCUT2D eigenvalue weighted by atomic mass is 16.4. The minimum absolute atomic E-state index is 0.00629. The first-order chi connectivity index (χ1) is 21.5. The third-order valence-corrected chi connectivity index (χ3v) is 8.76. The van der Waals surface area contributed by atoms with Gasteiger partial charge in [-0.15, -0.1) is 6.58 Å². The van der Waals surface area contributed by atoms with Crippen LogP contribution in [0.4, 0.5) is 0 Å². The molecule has 8 atom stereocenters. The van der Waals surface area contributed by atoms with Crippen LogP contribution < -0.4 is 16.0 Å². The van der Waals surface area contributed by atoms with Crippen molar-refractivity contribution in [3.63, 3.8) is 0 Å². The summed E-state index contributed by atoms with van der Waals surface area (Å²) in [4.78, 5) is 61.4. The molecule has 0 saturated heterocycles. The van der Waals surface area contributed by atoms with Gasteiger partial charge in [0.15, 0.2) is 12.3 Å². The maximum Gasteiger partial charge on any atom is 0.333 e. The molecule has 0 fully saturated rings. The van der Waals surface area contributed by atoms with Crippen LogP contribution in [0.15, 0.2) is 12.7 Å². The molecule has 0 bridgehead atoms. The summed E-state index contributed by atoms with van der Waals surface area (Å²) in [6.45, 7) is 13.5.